The smallest absolute Gasteiger partial charge is 0.0771 e. The van der Waals surface area contributed by atoms with E-state index in [2.05, 4.69) is 24.2 Å². The molecule has 18 heavy (non-hydrogen) atoms. The molecule has 1 unspecified atom stereocenters. The molecule has 2 aliphatic rings. The zero-order valence-corrected chi connectivity index (χ0v) is 12.1. The third-order valence-electron chi connectivity index (χ3n) is 4.96. The van der Waals surface area contributed by atoms with Crippen molar-refractivity contribution in [1.29, 1.82) is 0 Å². The molecule has 3 nitrogen and oxygen atoms in total. The minimum atomic E-state index is -0.429. The van der Waals surface area contributed by atoms with Crippen LogP contribution in [0.5, 0.6) is 0 Å². The molecule has 1 saturated heterocycles. The molecule has 0 amide bonds. The number of nitrogens with zero attached hydrogens (tertiary/aromatic N) is 1. The highest BCUT2D eigenvalue weighted by atomic mass is 16.3. The number of hydrogen-bond acceptors (Lipinski definition) is 3. The van der Waals surface area contributed by atoms with Crippen molar-refractivity contribution >= 4 is 0 Å². The quantitative estimate of drug-likeness (QED) is 0.805. The summed E-state index contributed by atoms with van der Waals surface area (Å²) in [5.41, 5.74) is -0.429. The van der Waals surface area contributed by atoms with Crippen molar-refractivity contribution in [2.24, 2.45) is 5.92 Å². The van der Waals surface area contributed by atoms with Gasteiger partial charge in [-0.2, -0.15) is 0 Å². The third kappa shape index (κ3) is 3.94. The summed E-state index contributed by atoms with van der Waals surface area (Å²) in [6.07, 6.45) is 8.21. The van der Waals surface area contributed by atoms with Gasteiger partial charge in [0.25, 0.3) is 0 Å². The Labute approximate surface area is 112 Å². The van der Waals surface area contributed by atoms with Gasteiger partial charge in [0.15, 0.2) is 0 Å². The van der Waals surface area contributed by atoms with Gasteiger partial charge in [0.1, 0.15) is 0 Å². The van der Waals surface area contributed by atoms with Crippen molar-refractivity contribution in [2.45, 2.75) is 63.5 Å². The lowest BCUT2D eigenvalue weighted by molar-refractivity contribution is -0.0123. The number of aliphatic hydroxyl groups is 1. The van der Waals surface area contributed by atoms with Gasteiger partial charge in [0.05, 0.1) is 5.60 Å². The van der Waals surface area contributed by atoms with Gasteiger partial charge >= 0.3 is 0 Å². The van der Waals surface area contributed by atoms with Gasteiger partial charge in [-0.05, 0) is 58.0 Å². The van der Waals surface area contributed by atoms with Crippen LogP contribution in [0.1, 0.15) is 51.9 Å². The molecule has 0 spiro atoms. The van der Waals surface area contributed by atoms with E-state index in [4.69, 9.17) is 0 Å². The fourth-order valence-electron chi connectivity index (χ4n) is 3.47. The lowest BCUT2D eigenvalue weighted by atomic mass is 9.77. The van der Waals surface area contributed by atoms with Crippen LogP contribution in [0, 0.1) is 5.92 Å². The van der Waals surface area contributed by atoms with E-state index in [1.807, 2.05) is 0 Å². The van der Waals surface area contributed by atoms with E-state index in [1.54, 1.807) is 0 Å². The minimum Gasteiger partial charge on any atom is -0.389 e. The largest absolute Gasteiger partial charge is 0.389 e. The Kier molecular flexibility index (Phi) is 5.05. The Hall–Kier alpha value is -0.120. The second-order valence-electron chi connectivity index (χ2n) is 6.56. The van der Waals surface area contributed by atoms with E-state index in [-0.39, 0.29) is 0 Å². The third-order valence-corrected chi connectivity index (χ3v) is 4.96. The number of likely N-dealkylation sites (N-methyl/N-ethyl adjacent to an activating group) is 1. The van der Waals surface area contributed by atoms with Crippen molar-refractivity contribution < 1.29 is 5.11 Å². The predicted molar refractivity (Wildman–Crippen MR) is 75.7 cm³/mol. The number of hydrogen-bond donors (Lipinski definition) is 2. The Morgan fingerprint density at radius 3 is 2.61 bits per heavy atom. The lowest BCUT2D eigenvalue weighted by Gasteiger charge is -2.38. The fraction of sp³-hybridized carbons (Fsp3) is 1.00. The van der Waals surface area contributed by atoms with Crippen LogP contribution in [0.3, 0.4) is 0 Å². The van der Waals surface area contributed by atoms with Gasteiger partial charge in [0.2, 0.25) is 0 Å². The van der Waals surface area contributed by atoms with Crippen molar-refractivity contribution in [3.8, 4) is 0 Å². The molecule has 3 heteroatoms. The molecule has 1 aliphatic carbocycles. The van der Waals surface area contributed by atoms with Gasteiger partial charge in [-0.25, -0.2) is 0 Å². The first-order valence-electron chi connectivity index (χ1n) is 7.75. The highest BCUT2D eigenvalue weighted by Crippen LogP contribution is 2.33. The molecule has 0 aromatic carbocycles. The van der Waals surface area contributed by atoms with Gasteiger partial charge < -0.3 is 15.3 Å². The van der Waals surface area contributed by atoms with Crippen LogP contribution in [0.15, 0.2) is 0 Å². The average Bonchev–Trinajstić information content (AvgIpc) is 2.38. The molecule has 1 aliphatic heterocycles. The van der Waals surface area contributed by atoms with Crippen molar-refractivity contribution in [1.82, 2.24) is 10.2 Å². The Bertz CT molecular complexity index is 249. The summed E-state index contributed by atoms with van der Waals surface area (Å²) in [6.45, 7) is 5.42. The number of piperidine rings is 1. The summed E-state index contributed by atoms with van der Waals surface area (Å²) in [6, 6.07) is 0.580. The molecular weight excluding hydrogens is 224 g/mol. The molecule has 0 aromatic rings. The Morgan fingerprint density at radius 2 is 2.00 bits per heavy atom. The normalized spacial score (nSPS) is 38.8. The minimum absolute atomic E-state index is 0.429. The van der Waals surface area contributed by atoms with Crippen molar-refractivity contribution in [2.75, 3.05) is 26.7 Å². The first-order valence-corrected chi connectivity index (χ1v) is 7.75. The standard InChI is InChI=1S/C15H30N2O/c1-3-13-6-8-15(18,9-7-13)12-16-14-5-4-10-17(2)11-14/h13-14,16,18H,3-12H2,1-2H3. The van der Waals surface area contributed by atoms with Gasteiger partial charge in [-0.3, -0.25) is 0 Å². The van der Waals surface area contributed by atoms with E-state index in [1.165, 1.54) is 38.6 Å². The number of nitrogens with one attached hydrogen (secondary N) is 1. The second kappa shape index (κ2) is 6.36. The number of rotatable bonds is 4. The highest BCUT2D eigenvalue weighted by molar-refractivity contribution is 4.89. The molecule has 0 bridgehead atoms. The molecule has 0 aromatic heterocycles. The van der Waals surface area contributed by atoms with Crippen molar-refractivity contribution in [3.63, 3.8) is 0 Å². The topological polar surface area (TPSA) is 35.5 Å². The first kappa shape index (κ1) is 14.3. The molecule has 2 N–H and O–H groups in total. The van der Waals surface area contributed by atoms with Crippen LogP contribution in [0.4, 0.5) is 0 Å². The molecule has 106 valence electrons. The van der Waals surface area contributed by atoms with E-state index in [0.717, 1.165) is 31.8 Å². The summed E-state index contributed by atoms with van der Waals surface area (Å²) in [5.74, 6) is 0.853. The second-order valence-corrected chi connectivity index (χ2v) is 6.56. The zero-order valence-electron chi connectivity index (χ0n) is 12.1. The summed E-state index contributed by atoms with van der Waals surface area (Å²) >= 11 is 0. The fourth-order valence-corrected chi connectivity index (χ4v) is 3.47. The Morgan fingerprint density at radius 1 is 1.28 bits per heavy atom. The van der Waals surface area contributed by atoms with Crippen LogP contribution in [-0.4, -0.2) is 48.3 Å². The molecule has 0 radical (unpaired) electrons. The van der Waals surface area contributed by atoms with Crippen LogP contribution in [0.25, 0.3) is 0 Å². The van der Waals surface area contributed by atoms with Crippen LogP contribution >= 0.6 is 0 Å². The van der Waals surface area contributed by atoms with E-state index in [0.29, 0.717) is 6.04 Å². The maximum atomic E-state index is 10.6. The monoisotopic (exact) mass is 254 g/mol. The summed E-state index contributed by atoms with van der Waals surface area (Å²) in [7, 11) is 2.19. The summed E-state index contributed by atoms with van der Waals surface area (Å²) < 4.78 is 0. The lowest BCUT2D eigenvalue weighted by Crippen LogP contribution is -2.51. The van der Waals surface area contributed by atoms with E-state index < -0.39 is 5.60 Å². The maximum absolute atomic E-state index is 10.6. The van der Waals surface area contributed by atoms with Gasteiger partial charge in [-0.15, -0.1) is 0 Å². The van der Waals surface area contributed by atoms with Crippen LogP contribution < -0.4 is 5.32 Å². The van der Waals surface area contributed by atoms with E-state index >= 15 is 0 Å². The van der Waals surface area contributed by atoms with Crippen molar-refractivity contribution in [3.05, 3.63) is 0 Å². The highest BCUT2D eigenvalue weighted by Gasteiger charge is 2.33. The predicted octanol–water partition coefficient (Wildman–Crippen LogP) is 2.00. The zero-order chi connectivity index (χ0) is 13.0. The molecule has 1 saturated carbocycles. The SMILES string of the molecule is CCC1CCC(O)(CNC2CCCN(C)C2)CC1. The molecule has 2 rings (SSSR count). The summed E-state index contributed by atoms with van der Waals surface area (Å²) in [5, 5.41) is 14.2. The summed E-state index contributed by atoms with van der Waals surface area (Å²) in [4.78, 5) is 2.39. The van der Waals surface area contributed by atoms with Gasteiger partial charge in [-0.1, -0.05) is 13.3 Å². The van der Waals surface area contributed by atoms with E-state index in [9.17, 15) is 5.11 Å². The molecule has 2 fully saturated rings. The average molecular weight is 254 g/mol. The first-order chi connectivity index (χ1) is 8.61. The molecule has 1 atom stereocenters. The van der Waals surface area contributed by atoms with Crippen LogP contribution in [0.2, 0.25) is 0 Å². The Balaban J connectivity index is 1.72. The molecular formula is C15H30N2O. The maximum Gasteiger partial charge on any atom is 0.0771 e. The number of likely N-dealkylation sites (tertiary alicyclic amines) is 1. The molecule has 1 heterocycles. The van der Waals surface area contributed by atoms with Gasteiger partial charge in [0, 0.05) is 19.1 Å². The van der Waals surface area contributed by atoms with Crippen LogP contribution in [-0.2, 0) is 0 Å².